The monoisotopic (exact) mass is 584 g/mol. The highest BCUT2D eigenvalue weighted by Crippen LogP contribution is 2.20. The number of urea groups is 1. The number of rotatable bonds is 13. The molecule has 1 rings (SSSR count). The molecule has 1 aromatic rings. The molecule has 2 unspecified atom stereocenters. The van der Waals surface area contributed by atoms with E-state index in [2.05, 4.69) is 21.3 Å². The number of carbonyl (C=O) groups excluding carboxylic acids is 4. The number of hydrogen-bond donors (Lipinski definition) is 6. The summed E-state index contributed by atoms with van der Waals surface area (Å²) in [7, 11) is 1.41. The van der Waals surface area contributed by atoms with Crippen LogP contribution in [0.2, 0.25) is 0 Å². The van der Waals surface area contributed by atoms with Crippen molar-refractivity contribution in [2.75, 3.05) is 18.9 Å². The van der Waals surface area contributed by atoms with E-state index in [-0.39, 0.29) is 31.3 Å². The topological polar surface area (TPSA) is 192 Å². The first-order valence-corrected chi connectivity index (χ1v) is 13.3. The van der Waals surface area contributed by atoms with E-state index in [4.69, 9.17) is 22.1 Å². The summed E-state index contributed by atoms with van der Waals surface area (Å²) in [5.41, 5.74) is 6.01. The molecule has 0 aliphatic heterocycles. The molecular weight excluding hydrogens is 544 g/mol. The molecule has 13 nitrogen and oxygen atoms in total. The van der Waals surface area contributed by atoms with Gasteiger partial charge in [0.25, 0.3) is 0 Å². The van der Waals surface area contributed by atoms with Gasteiger partial charge in [0.1, 0.15) is 17.7 Å². The number of halogens is 1. The van der Waals surface area contributed by atoms with Gasteiger partial charge in [0.05, 0.1) is 0 Å². The third-order valence-corrected chi connectivity index (χ3v) is 5.86. The standard InChI is InChI=1S/C26H41ClN6O7/c1-15(2)20(32-24(37)40-26(3,4)5)22(35)31-19(8-7-11-29-23(28)36)21(34)30-18-10-9-16(13-27)17(12-18)14-33(6)25(38)39/h9-10,12,15,19-20H,7-8,11,13-14H2,1-6H3,(H,30,34)(H,31,35)(H,32,37)(H,38,39)(H3,28,29,36). The van der Waals surface area contributed by atoms with Gasteiger partial charge in [0, 0.05) is 31.7 Å². The number of nitrogens with two attached hydrogens (primary N) is 1. The zero-order valence-electron chi connectivity index (χ0n) is 23.8. The molecular formula is C26H41ClN6O7. The summed E-state index contributed by atoms with van der Waals surface area (Å²) in [6.45, 7) is 8.79. The first kappa shape index (κ1) is 34.3. The number of ether oxygens (including phenoxy) is 1. The third kappa shape index (κ3) is 12.4. The molecule has 0 saturated carbocycles. The molecule has 0 aliphatic rings. The van der Waals surface area contributed by atoms with Crippen molar-refractivity contribution in [2.24, 2.45) is 11.7 Å². The van der Waals surface area contributed by atoms with Crippen LogP contribution in [0.15, 0.2) is 18.2 Å². The van der Waals surface area contributed by atoms with Crippen molar-refractivity contribution in [1.29, 1.82) is 0 Å². The molecule has 1 aromatic carbocycles. The quantitative estimate of drug-likeness (QED) is 0.151. The van der Waals surface area contributed by atoms with Gasteiger partial charge in [-0.05, 0) is 62.8 Å². The number of primary amides is 1. The number of nitrogens with zero attached hydrogens (tertiary/aromatic N) is 1. The van der Waals surface area contributed by atoms with E-state index in [1.807, 2.05) is 0 Å². The average Bonchev–Trinajstić information content (AvgIpc) is 2.82. The summed E-state index contributed by atoms with van der Waals surface area (Å²) in [6.07, 6.45) is -1.44. The number of amides is 6. The number of anilines is 1. The maximum Gasteiger partial charge on any atom is 0.408 e. The van der Waals surface area contributed by atoms with Gasteiger partial charge in [-0.15, -0.1) is 11.6 Å². The van der Waals surface area contributed by atoms with Gasteiger partial charge >= 0.3 is 18.2 Å². The molecule has 7 N–H and O–H groups in total. The Morgan fingerprint density at radius 3 is 2.25 bits per heavy atom. The number of carboxylic acid groups (broad SMARTS) is 1. The maximum absolute atomic E-state index is 13.3. The zero-order chi connectivity index (χ0) is 30.6. The van der Waals surface area contributed by atoms with Crippen molar-refractivity contribution in [1.82, 2.24) is 20.9 Å². The van der Waals surface area contributed by atoms with Crippen molar-refractivity contribution < 1.29 is 33.8 Å². The first-order valence-electron chi connectivity index (χ1n) is 12.8. The van der Waals surface area contributed by atoms with Crippen LogP contribution in [0, 0.1) is 5.92 Å². The Morgan fingerprint density at radius 2 is 1.73 bits per heavy atom. The van der Waals surface area contributed by atoms with Crippen LogP contribution in [0.3, 0.4) is 0 Å². The molecule has 0 aliphatic carbocycles. The minimum Gasteiger partial charge on any atom is -0.465 e. The minimum atomic E-state index is -1.12. The molecule has 40 heavy (non-hydrogen) atoms. The Hall–Kier alpha value is -3.74. The normalized spacial score (nSPS) is 12.6. The van der Waals surface area contributed by atoms with Crippen LogP contribution in [0.4, 0.5) is 20.1 Å². The molecule has 0 fully saturated rings. The molecule has 0 heterocycles. The molecule has 224 valence electrons. The fourth-order valence-electron chi connectivity index (χ4n) is 3.55. The predicted octanol–water partition coefficient (Wildman–Crippen LogP) is 2.96. The van der Waals surface area contributed by atoms with Gasteiger partial charge in [-0.25, -0.2) is 14.4 Å². The van der Waals surface area contributed by atoms with Crippen LogP contribution in [-0.4, -0.2) is 71.3 Å². The average molecular weight is 585 g/mol. The van der Waals surface area contributed by atoms with Crippen LogP contribution in [0.1, 0.15) is 58.6 Å². The van der Waals surface area contributed by atoms with E-state index >= 15 is 0 Å². The molecule has 0 saturated heterocycles. The summed E-state index contributed by atoms with van der Waals surface area (Å²) in [6, 6.07) is 2.16. The van der Waals surface area contributed by atoms with E-state index in [0.29, 0.717) is 23.2 Å². The lowest BCUT2D eigenvalue weighted by Gasteiger charge is -2.27. The Bertz CT molecular complexity index is 1060. The van der Waals surface area contributed by atoms with Crippen molar-refractivity contribution in [3.8, 4) is 0 Å². The summed E-state index contributed by atoms with van der Waals surface area (Å²) in [5.74, 6) is -1.33. The fraction of sp³-hybridized carbons (Fsp3) is 0.577. The lowest BCUT2D eigenvalue weighted by Crippen LogP contribution is -2.55. The van der Waals surface area contributed by atoms with Gasteiger partial charge in [0.15, 0.2) is 0 Å². The predicted molar refractivity (Wildman–Crippen MR) is 151 cm³/mol. The number of alkyl carbamates (subject to hydrolysis) is 1. The van der Waals surface area contributed by atoms with Gasteiger partial charge in [-0.1, -0.05) is 19.9 Å². The van der Waals surface area contributed by atoms with Crippen molar-refractivity contribution in [3.05, 3.63) is 29.3 Å². The zero-order valence-corrected chi connectivity index (χ0v) is 24.6. The van der Waals surface area contributed by atoms with Crippen LogP contribution in [-0.2, 0) is 26.8 Å². The second-order valence-electron chi connectivity index (χ2n) is 10.6. The Morgan fingerprint density at radius 1 is 1.07 bits per heavy atom. The highest BCUT2D eigenvalue weighted by Gasteiger charge is 2.30. The first-order chi connectivity index (χ1) is 18.5. The molecule has 0 radical (unpaired) electrons. The van der Waals surface area contributed by atoms with E-state index < -0.39 is 47.7 Å². The second-order valence-corrected chi connectivity index (χ2v) is 10.9. The highest BCUT2D eigenvalue weighted by atomic mass is 35.5. The summed E-state index contributed by atoms with van der Waals surface area (Å²) < 4.78 is 5.26. The van der Waals surface area contributed by atoms with E-state index in [1.165, 1.54) is 7.05 Å². The van der Waals surface area contributed by atoms with Crippen LogP contribution in [0.5, 0.6) is 0 Å². The number of nitrogens with one attached hydrogen (secondary N) is 4. The Balaban J connectivity index is 3.13. The van der Waals surface area contributed by atoms with E-state index in [0.717, 1.165) is 4.90 Å². The number of alkyl halides is 1. The van der Waals surface area contributed by atoms with Gasteiger partial charge in [-0.3, -0.25) is 9.59 Å². The smallest absolute Gasteiger partial charge is 0.408 e. The third-order valence-electron chi connectivity index (χ3n) is 5.57. The second kappa shape index (κ2) is 15.8. The Labute approximate surface area is 239 Å². The molecule has 0 bridgehead atoms. The number of benzene rings is 1. The van der Waals surface area contributed by atoms with Crippen LogP contribution in [0.25, 0.3) is 0 Å². The van der Waals surface area contributed by atoms with Crippen molar-refractivity contribution in [3.63, 3.8) is 0 Å². The molecule has 14 heteroatoms. The number of hydrogen-bond acceptors (Lipinski definition) is 6. The lowest BCUT2D eigenvalue weighted by molar-refractivity contribution is -0.128. The SMILES string of the molecule is CC(C)C(NC(=O)OC(C)(C)C)C(=O)NC(CCCNC(N)=O)C(=O)Nc1ccc(CCl)c(CN(C)C(=O)O)c1. The largest absolute Gasteiger partial charge is 0.465 e. The Kier molecular flexibility index (Phi) is 13.5. The van der Waals surface area contributed by atoms with E-state index in [1.54, 1.807) is 52.8 Å². The molecule has 6 amide bonds. The summed E-state index contributed by atoms with van der Waals surface area (Å²) in [5, 5.41) is 19.6. The summed E-state index contributed by atoms with van der Waals surface area (Å²) in [4.78, 5) is 62.2. The molecule has 2 atom stereocenters. The van der Waals surface area contributed by atoms with Gasteiger partial charge in [0.2, 0.25) is 11.8 Å². The summed E-state index contributed by atoms with van der Waals surface area (Å²) >= 11 is 6.00. The maximum atomic E-state index is 13.3. The lowest BCUT2D eigenvalue weighted by atomic mass is 10.0. The van der Waals surface area contributed by atoms with Gasteiger partial charge < -0.3 is 41.7 Å². The van der Waals surface area contributed by atoms with Gasteiger partial charge in [-0.2, -0.15) is 0 Å². The molecule has 0 aromatic heterocycles. The van der Waals surface area contributed by atoms with Crippen LogP contribution < -0.4 is 27.0 Å². The van der Waals surface area contributed by atoms with Crippen LogP contribution >= 0.6 is 11.6 Å². The van der Waals surface area contributed by atoms with Crippen molar-refractivity contribution >= 4 is 47.3 Å². The fourth-order valence-corrected chi connectivity index (χ4v) is 3.81. The molecule has 0 spiro atoms. The number of carbonyl (C=O) groups is 5. The highest BCUT2D eigenvalue weighted by molar-refractivity contribution is 6.17. The minimum absolute atomic E-state index is 0.0481. The van der Waals surface area contributed by atoms with Crippen molar-refractivity contribution in [2.45, 2.75) is 77.6 Å². The van der Waals surface area contributed by atoms with E-state index in [9.17, 15) is 29.1 Å².